The summed E-state index contributed by atoms with van der Waals surface area (Å²) in [7, 11) is 1.79. The lowest BCUT2D eigenvalue weighted by Crippen LogP contribution is -2.14. The lowest BCUT2D eigenvalue weighted by Gasteiger charge is -2.01. The molecule has 1 amide bonds. The maximum absolute atomic E-state index is 12.4. The molecule has 122 valence electrons. The van der Waals surface area contributed by atoms with Gasteiger partial charge in [0.05, 0.1) is 20.2 Å². The Balaban J connectivity index is 2.20. The quantitative estimate of drug-likeness (QED) is 0.513. The van der Waals surface area contributed by atoms with Gasteiger partial charge in [-0.3, -0.25) is 14.9 Å². The van der Waals surface area contributed by atoms with E-state index in [1.807, 2.05) is 13.0 Å². The number of hydrogen-bond acceptors (Lipinski definition) is 4. The van der Waals surface area contributed by atoms with Crippen molar-refractivity contribution in [3.05, 3.63) is 67.5 Å². The molecule has 0 unspecified atom stereocenters. The first-order valence-corrected chi connectivity index (χ1v) is 8.16. The monoisotopic (exact) mass is 361 g/mol. The molecule has 2 aromatic carbocycles. The number of aryl methyl sites for hydroxylation is 2. The predicted octanol–water partition coefficient (Wildman–Crippen LogP) is 3.85. The van der Waals surface area contributed by atoms with Gasteiger partial charge < -0.3 is 4.57 Å². The third-order valence-corrected chi connectivity index (χ3v) is 5.22. The van der Waals surface area contributed by atoms with E-state index in [2.05, 4.69) is 4.99 Å². The predicted molar refractivity (Wildman–Crippen MR) is 93.5 cm³/mol. The lowest BCUT2D eigenvalue weighted by molar-refractivity contribution is -0.385. The number of benzene rings is 2. The number of thiazole rings is 1. The van der Waals surface area contributed by atoms with Crippen molar-refractivity contribution in [2.75, 3.05) is 0 Å². The Morgan fingerprint density at radius 2 is 2.00 bits per heavy atom. The molecular weight excluding hydrogens is 350 g/mol. The van der Waals surface area contributed by atoms with E-state index in [9.17, 15) is 14.9 Å². The van der Waals surface area contributed by atoms with E-state index < -0.39 is 10.8 Å². The molecule has 8 heteroatoms. The van der Waals surface area contributed by atoms with Gasteiger partial charge in [-0.2, -0.15) is 4.99 Å². The molecule has 0 bridgehead atoms. The Labute approximate surface area is 145 Å². The van der Waals surface area contributed by atoms with Gasteiger partial charge in [0.25, 0.3) is 11.6 Å². The summed E-state index contributed by atoms with van der Waals surface area (Å²) in [6, 6.07) is 9.46. The van der Waals surface area contributed by atoms with E-state index in [-0.39, 0.29) is 11.3 Å². The average molecular weight is 362 g/mol. The minimum Gasteiger partial charge on any atom is -0.319 e. The molecule has 0 radical (unpaired) electrons. The summed E-state index contributed by atoms with van der Waals surface area (Å²) in [6.45, 7) is 1.94. The van der Waals surface area contributed by atoms with E-state index in [1.54, 1.807) is 23.7 Å². The fourth-order valence-electron chi connectivity index (χ4n) is 2.47. The summed E-state index contributed by atoms with van der Waals surface area (Å²) in [5, 5.41) is 11.6. The molecule has 0 aliphatic rings. The van der Waals surface area contributed by atoms with Gasteiger partial charge in [-0.25, -0.2) is 0 Å². The van der Waals surface area contributed by atoms with Crippen LogP contribution < -0.4 is 4.80 Å². The molecule has 0 N–H and O–H groups in total. The first kappa shape index (κ1) is 16.4. The van der Waals surface area contributed by atoms with Crippen LogP contribution in [0.25, 0.3) is 10.2 Å². The zero-order valence-corrected chi connectivity index (χ0v) is 14.4. The molecule has 1 aromatic heterocycles. The topological polar surface area (TPSA) is 77.5 Å². The van der Waals surface area contributed by atoms with Crippen LogP contribution in [0.1, 0.15) is 15.9 Å². The highest BCUT2D eigenvalue weighted by Gasteiger charge is 2.19. The SMILES string of the molecule is Cc1ccc(Cl)c2sc(=NC(=O)c3ccccc3[N+](=O)[O-])n(C)c12. The van der Waals surface area contributed by atoms with Crippen molar-refractivity contribution in [2.45, 2.75) is 6.92 Å². The van der Waals surface area contributed by atoms with Crippen LogP contribution in [0.5, 0.6) is 0 Å². The fraction of sp³-hybridized carbons (Fsp3) is 0.125. The Hall–Kier alpha value is -2.51. The number of rotatable bonds is 2. The number of nitrogens with zero attached hydrogens (tertiary/aromatic N) is 3. The number of carbonyl (C=O) groups is 1. The van der Waals surface area contributed by atoms with E-state index >= 15 is 0 Å². The van der Waals surface area contributed by atoms with Gasteiger partial charge in [-0.1, -0.05) is 41.1 Å². The second kappa shape index (κ2) is 6.18. The zero-order valence-electron chi connectivity index (χ0n) is 12.8. The highest BCUT2D eigenvalue weighted by atomic mass is 35.5. The van der Waals surface area contributed by atoms with Gasteiger partial charge in [-0.15, -0.1) is 0 Å². The number of aromatic nitrogens is 1. The third-order valence-electron chi connectivity index (χ3n) is 3.63. The molecule has 0 aliphatic carbocycles. The van der Waals surface area contributed by atoms with Crippen LogP contribution in [0.2, 0.25) is 5.02 Å². The van der Waals surface area contributed by atoms with Gasteiger partial charge in [0, 0.05) is 13.1 Å². The number of fused-ring (bicyclic) bond motifs is 1. The molecule has 6 nitrogen and oxygen atoms in total. The van der Waals surface area contributed by atoms with Gasteiger partial charge in [-0.05, 0) is 24.6 Å². The Morgan fingerprint density at radius 1 is 1.29 bits per heavy atom. The van der Waals surface area contributed by atoms with Crippen molar-refractivity contribution in [2.24, 2.45) is 12.0 Å². The number of nitro benzene ring substituents is 1. The maximum atomic E-state index is 12.4. The van der Waals surface area contributed by atoms with E-state index in [0.717, 1.165) is 15.8 Å². The van der Waals surface area contributed by atoms with Crippen molar-refractivity contribution in [3.8, 4) is 0 Å². The summed E-state index contributed by atoms with van der Waals surface area (Å²) in [5.74, 6) is -0.654. The van der Waals surface area contributed by atoms with Crippen LogP contribution in [0, 0.1) is 17.0 Å². The van der Waals surface area contributed by atoms with Crippen LogP contribution in [0.15, 0.2) is 41.4 Å². The fourth-order valence-corrected chi connectivity index (χ4v) is 3.84. The van der Waals surface area contributed by atoms with E-state index in [0.29, 0.717) is 9.82 Å². The van der Waals surface area contributed by atoms with Crippen LogP contribution in [0.4, 0.5) is 5.69 Å². The van der Waals surface area contributed by atoms with Gasteiger partial charge in [0.15, 0.2) is 4.80 Å². The number of para-hydroxylation sites is 1. The van der Waals surface area contributed by atoms with Crippen LogP contribution in [0.3, 0.4) is 0 Å². The summed E-state index contributed by atoms with van der Waals surface area (Å²) in [6.07, 6.45) is 0. The summed E-state index contributed by atoms with van der Waals surface area (Å²) in [4.78, 5) is 27.4. The Morgan fingerprint density at radius 3 is 2.67 bits per heavy atom. The lowest BCUT2D eigenvalue weighted by atomic mass is 10.2. The molecule has 1 heterocycles. The molecular formula is C16H12ClN3O3S. The van der Waals surface area contributed by atoms with Gasteiger partial charge in [0.1, 0.15) is 5.56 Å². The first-order chi connectivity index (χ1) is 11.4. The molecule has 0 saturated heterocycles. The Bertz CT molecular complexity index is 1050. The van der Waals surface area contributed by atoms with Gasteiger partial charge >= 0.3 is 0 Å². The van der Waals surface area contributed by atoms with E-state index in [1.165, 1.54) is 29.5 Å². The molecule has 3 aromatic rings. The molecule has 0 aliphatic heterocycles. The molecule has 0 spiro atoms. The molecule has 0 atom stereocenters. The molecule has 3 rings (SSSR count). The standard InChI is InChI=1S/C16H12ClN3O3S/c1-9-7-8-11(17)14-13(9)19(2)16(24-14)18-15(21)10-5-3-4-6-12(10)20(22)23/h3-8H,1-2H3. The minimum absolute atomic E-state index is 0.0391. The Kier molecular flexibility index (Phi) is 4.21. The molecule has 0 saturated carbocycles. The van der Waals surface area contributed by atoms with Crippen LogP contribution >= 0.6 is 22.9 Å². The third kappa shape index (κ3) is 2.72. The number of nitro groups is 1. The highest BCUT2D eigenvalue weighted by molar-refractivity contribution is 7.17. The first-order valence-electron chi connectivity index (χ1n) is 6.97. The number of hydrogen-bond donors (Lipinski definition) is 0. The maximum Gasteiger partial charge on any atom is 0.286 e. The number of halogens is 1. The summed E-state index contributed by atoms with van der Waals surface area (Å²) < 4.78 is 2.60. The second-order valence-corrected chi connectivity index (χ2v) is 6.56. The van der Waals surface area contributed by atoms with Crippen LogP contribution in [-0.2, 0) is 7.05 Å². The minimum atomic E-state index is -0.654. The van der Waals surface area contributed by atoms with Crippen molar-refractivity contribution in [1.29, 1.82) is 0 Å². The van der Waals surface area contributed by atoms with Crippen LogP contribution in [-0.4, -0.2) is 15.4 Å². The molecule has 0 fully saturated rings. The summed E-state index contributed by atoms with van der Waals surface area (Å²) >= 11 is 7.49. The normalized spacial score (nSPS) is 11.9. The molecule has 24 heavy (non-hydrogen) atoms. The van der Waals surface area contributed by atoms with Gasteiger partial charge in [0.2, 0.25) is 0 Å². The zero-order chi connectivity index (χ0) is 17.4. The number of amides is 1. The van der Waals surface area contributed by atoms with Crippen molar-refractivity contribution >= 4 is 44.7 Å². The van der Waals surface area contributed by atoms with E-state index in [4.69, 9.17) is 11.6 Å². The van der Waals surface area contributed by atoms with Crippen molar-refractivity contribution in [3.63, 3.8) is 0 Å². The largest absolute Gasteiger partial charge is 0.319 e. The van der Waals surface area contributed by atoms with Crippen molar-refractivity contribution in [1.82, 2.24) is 4.57 Å². The smallest absolute Gasteiger partial charge is 0.286 e. The van der Waals surface area contributed by atoms with Crippen molar-refractivity contribution < 1.29 is 9.72 Å². The highest BCUT2D eigenvalue weighted by Crippen LogP contribution is 2.28. The number of carbonyl (C=O) groups excluding carboxylic acids is 1. The second-order valence-electron chi connectivity index (χ2n) is 5.18. The average Bonchev–Trinajstić information content (AvgIpc) is 2.89. The summed E-state index contributed by atoms with van der Waals surface area (Å²) in [5.41, 5.74) is 1.60.